The van der Waals surface area contributed by atoms with Gasteiger partial charge in [-0.1, -0.05) is 12.1 Å². The fraction of sp³-hybridized carbons (Fsp3) is 0.435. The Balaban J connectivity index is 0.00000341. The molecule has 2 aromatic rings. The third-order valence-corrected chi connectivity index (χ3v) is 5.02. The van der Waals surface area contributed by atoms with Crippen LogP contribution in [0, 0.1) is 5.82 Å². The van der Waals surface area contributed by atoms with Gasteiger partial charge in [-0.3, -0.25) is 0 Å². The second-order valence-corrected chi connectivity index (χ2v) is 7.45. The zero-order valence-corrected chi connectivity index (χ0v) is 19.6. The molecule has 2 aromatic carbocycles. The van der Waals surface area contributed by atoms with Crippen molar-refractivity contribution in [3.8, 4) is 5.75 Å². The number of halogens is 1. The van der Waals surface area contributed by atoms with E-state index >= 15 is 0 Å². The van der Waals surface area contributed by atoms with Crippen LogP contribution in [0.15, 0.2) is 42.5 Å². The van der Waals surface area contributed by atoms with Crippen molar-refractivity contribution in [1.82, 2.24) is 0 Å². The molecule has 0 saturated carbocycles. The van der Waals surface area contributed by atoms with Crippen LogP contribution < -0.4 is 15.0 Å². The van der Waals surface area contributed by atoms with Gasteiger partial charge < -0.3 is 27.7 Å². The Bertz CT molecular complexity index is 861. The summed E-state index contributed by atoms with van der Waals surface area (Å²) < 4.78 is 24.5. The number of rotatable bonds is 10. The molecule has 0 aliphatic carbocycles. The number of nitrogens with one attached hydrogen (secondary N) is 1. The first-order chi connectivity index (χ1) is 14.5. The van der Waals surface area contributed by atoms with E-state index in [1.165, 1.54) is 12.1 Å². The van der Waals surface area contributed by atoms with Gasteiger partial charge in [0, 0.05) is 37.9 Å². The maximum absolute atomic E-state index is 13.5. The quantitative estimate of drug-likeness (QED) is 0.431. The van der Waals surface area contributed by atoms with Gasteiger partial charge in [-0.05, 0) is 50.1 Å². The number of fused-ring (bicyclic) bond motifs is 1. The molecule has 1 heterocycles. The van der Waals surface area contributed by atoms with E-state index in [2.05, 4.69) is 10.2 Å². The Morgan fingerprint density at radius 2 is 2.10 bits per heavy atom. The summed E-state index contributed by atoms with van der Waals surface area (Å²) in [5, 5.41) is 12.6. The van der Waals surface area contributed by atoms with Gasteiger partial charge in [0.15, 0.2) is 6.10 Å². The molecule has 3 rings (SSSR count). The average Bonchev–Trinajstić information content (AvgIpc) is 2.71. The molecule has 2 atom stereocenters. The predicted molar refractivity (Wildman–Crippen MR) is 123 cm³/mol. The minimum atomic E-state index is -0.944. The molecule has 8 heteroatoms. The number of carbonyl (C=O) groups is 1. The van der Waals surface area contributed by atoms with E-state index < -0.39 is 12.1 Å². The van der Waals surface area contributed by atoms with Crippen molar-refractivity contribution < 1.29 is 26.6 Å². The summed E-state index contributed by atoms with van der Waals surface area (Å²) >= 11 is 0. The molecule has 0 fully saturated rings. The minimum absolute atomic E-state index is 0. The Labute approximate surface area is 201 Å². The molecule has 0 saturated heterocycles. The predicted octanol–water partition coefficient (Wildman–Crippen LogP) is 3.79. The first-order valence-electron chi connectivity index (χ1n) is 10.3. The molecule has 166 valence electrons. The summed E-state index contributed by atoms with van der Waals surface area (Å²) in [5.74, 6) is -0.631. The fourth-order valence-electron chi connectivity index (χ4n) is 3.61. The number of hydrogen-bond donors (Lipinski definition) is 2. The van der Waals surface area contributed by atoms with Crippen LogP contribution in [-0.2, 0) is 16.0 Å². The number of anilines is 2. The second-order valence-electron chi connectivity index (χ2n) is 7.45. The zero-order chi connectivity index (χ0) is 21.5. The van der Waals surface area contributed by atoms with Crippen LogP contribution in [0.4, 0.5) is 15.8 Å². The van der Waals surface area contributed by atoms with Gasteiger partial charge in [0.25, 0.3) is 0 Å². The minimum Gasteiger partial charge on any atom is -1.00 e. The molecule has 1 aliphatic rings. The van der Waals surface area contributed by atoms with E-state index in [1.54, 1.807) is 13.0 Å². The normalized spacial score (nSPS) is 16.0. The van der Waals surface area contributed by atoms with Gasteiger partial charge in [0.2, 0.25) is 0 Å². The van der Waals surface area contributed by atoms with Crippen molar-refractivity contribution in [1.29, 1.82) is 0 Å². The fourth-order valence-corrected chi connectivity index (χ4v) is 3.61. The number of carboxylic acid groups (broad SMARTS) is 1. The van der Waals surface area contributed by atoms with Crippen molar-refractivity contribution in [3.05, 3.63) is 53.8 Å². The number of nitrogens with zero attached hydrogens (tertiary/aromatic N) is 1. The molecule has 1 aliphatic heterocycles. The summed E-state index contributed by atoms with van der Waals surface area (Å²) in [6, 6.07) is 12.4. The van der Waals surface area contributed by atoms with Gasteiger partial charge in [0.05, 0.1) is 12.2 Å². The van der Waals surface area contributed by atoms with Crippen LogP contribution in [-0.4, -0.2) is 72.6 Å². The first-order valence-corrected chi connectivity index (χ1v) is 10.3. The Morgan fingerprint density at radius 1 is 1.35 bits per heavy atom. The summed E-state index contributed by atoms with van der Waals surface area (Å²) in [4.78, 5) is 13.4. The average molecular weight is 443 g/mol. The van der Waals surface area contributed by atoms with E-state index in [0.717, 1.165) is 43.0 Å². The summed E-state index contributed by atoms with van der Waals surface area (Å²) in [5.41, 5.74) is 2.84. The van der Waals surface area contributed by atoms with Crippen molar-refractivity contribution in [2.45, 2.75) is 38.9 Å². The maximum atomic E-state index is 13.5. The molecular weight excluding hydrogens is 412 g/mol. The number of aliphatic carboxylic acids is 1. The van der Waals surface area contributed by atoms with Gasteiger partial charge in [-0.2, -0.15) is 0 Å². The molecule has 0 amide bonds. The summed E-state index contributed by atoms with van der Waals surface area (Å²) in [6.07, 6.45) is 0.460. The van der Waals surface area contributed by atoms with E-state index in [-0.39, 0.29) is 37.8 Å². The van der Waals surface area contributed by atoms with Crippen molar-refractivity contribution in [3.63, 3.8) is 0 Å². The Hall–Kier alpha value is -2.03. The monoisotopic (exact) mass is 442 g/mol. The standard InChI is InChI=1S/C23H29FN2O4.Mg.2H/c1-3-29-22(23(27)28)13-17-5-8-19(9-6-17)25-11-4-12-26-15-16(2)30-21-14-18(24)7-10-20(21)26;;;/h5-10,14,16,22,25H,3-4,11-13,15H2,1-2H3,(H,27,28);;;/q;+2;2*-1. The third kappa shape index (κ3) is 7.26. The largest absolute Gasteiger partial charge is 2.00 e. The molecule has 0 radical (unpaired) electrons. The van der Waals surface area contributed by atoms with Crippen molar-refractivity contribution in [2.75, 3.05) is 36.5 Å². The van der Waals surface area contributed by atoms with Gasteiger partial charge >= 0.3 is 29.0 Å². The van der Waals surface area contributed by atoms with Crippen LogP contribution >= 0.6 is 0 Å². The second kappa shape index (κ2) is 12.1. The van der Waals surface area contributed by atoms with Crippen molar-refractivity contribution in [2.24, 2.45) is 0 Å². The van der Waals surface area contributed by atoms with Crippen molar-refractivity contribution >= 4 is 40.4 Å². The van der Waals surface area contributed by atoms with Crippen LogP contribution in [0.5, 0.6) is 5.75 Å². The van der Waals surface area contributed by atoms with Crippen LogP contribution in [0.3, 0.4) is 0 Å². The van der Waals surface area contributed by atoms with Crippen LogP contribution in [0.25, 0.3) is 0 Å². The van der Waals surface area contributed by atoms with Gasteiger partial charge in [-0.25, -0.2) is 9.18 Å². The molecule has 31 heavy (non-hydrogen) atoms. The van der Waals surface area contributed by atoms with Crippen LogP contribution in [0.1, 0.15) is 28.7 Å². The Morgan fingerprint density at radius 3 is 2.77 bits per heavy atom. The van der Waals surface area contributed by atoms with E-state index in [1.807, 2.05) is 31.2 Å². The third-order valence-electron chi connectivity index (χ3n) is 5.02. The summed E-state index contributed by atoms with van der Waals surface area (Å²) in [7, 11) is 0. The van der Waals surface area contributed by atoms with Gasteiger partial charge in [0.1, 0.15) is 17.7 Å². The molecule has 2 N–H and O–H groups in total. The maximum Gasteiger partial charge on any atom is 2.00 e. The summed E-state index contributed by atoms with van der Waals surface area (Å²) in [6.45, 7) is 6.55. The topological polar surface area (TPSA) is 71.0 Å². The number of carboxylic acids is 1. The molecule has 2 unspecified atom stereocenters. The smallest absolute Gasteiger partial charge is 1.00 e. The number of hydrogen-bond acceptors (Lipinski definition) is 5. The first kappa shape index (κ1) is 25.2. The number of benzene rings is 2. The SMILES string of the molecule is CCOC(Cc1ccc(NCCCN2CC(C)Oc3cc(F)ccc32)cc1)C(=O)O.[H-].[H-].[Mg+2]. The number of ether oxygens (including phenoxy) is 2. The molecule has 0 bridgehead atoms. The molecular formula is C23H31FMgN2O4. The van der Waals surface area contributed by atoms with Gasteiger partial charge in [-0.15, -0.1) is 0 Å². The van der Waals surface area contributed by atoms with E-state index in [4.69, 9.17) is 9.47 Å². The molecule has 6 nitrogen and oxygen atoms in total. The molecule has 0 spiro atoms. The van der Waals surface area contributed by atoms with E-state index in [0.29, 0.717) is 18.8 Å². The van der Waals surface area contributed by atoms with E-state index in [9.17, 15) is 14.3 Å². The Kier molecular flexibility index (Phi) is 9.86. The zero-order valence-electron chi connectivity index (χ0n) is 20.1. The van der Waals surface area contributed by atoms with Crippen LogP contribution in [0.2, 0.25) is 0 Å². The molecule has 0 aromatic heterocycles.